The van der Waals surface area contributed by atoms with Gasteiger partial charge in [0.25, 0.3) is 5.91 Å². The zero-order valence-electron chi connectivity index (χ0n) is 8.40. The number of hydrogen-bond donors (Lipinski definition) is 1. The second-order valence-corrected chi connectivity index (χ2v) is 3.57. The molecule has 1 aromatic heterocycles. The number of aromatic nitrogens is 2. The molecule has 0 saturated carbocycles. The molecular weight excluding hydrogens is 180 g/mol. The first-order valence-corrected chi connectivity index (χ1v) is 4.18. The van der Waals surface area contributed by atoms with Crippen molar-refractivity contribution >= 4 is 5.91 Å². The number of amides is 1. The van der Waals surface area contributed by atoms with E-state index in [0.29, 0.717) is 5.69 Å². The molecule has 0 aliphatic rings. The van der Waals surface area contributed by atoms with Crippen LogP contribution in [-0.4, -0.2) is 21.2 Å². The Morgan fingerprint density at radius 1 is 1.71 bits per heavy atom. The minimum atomic E-state index is -0.866. The van der Waals surface area contributed by atoms with Crippen LogP contribution in [0.5, 0.6) is 0 Å². The molecule has 0 radical (unpaired) electrons. The fourth-order valence-corrected chi connectivity index (χ4v) is 0.912. The number of rotatable bonds is 2. The van der Waals surface area contributed by atoms with Gasteiger partial charge in [-0.3, -0.25) is 9.48 Å². The maximum absolute atomic E-state index is 11.5. The summed E-state index contributed by atoms with van der Waals surface area (Å²) in [6.45, 7) is 3.27. The summed E-state index contributed by atoms with van der Waals surface area (Å²) in [6.07, 6.45) is 1.67. The molecule has 0 fully saturated rings. The molecule has 74 valence electrons. The summed E-state index contributed by atoms with van der Waals surface area (Å²) in [7, 11) is 1.73. The molecule has 0 saturated heterocycles. The van der Waals surface area contributed by atoms with Crippen molar-refractivity contribution in [1.29, 1.82) is 5.26 Å². The van der Waals surface area contributed by atoms with E-state index in [0.717, 1.165) is 0 Å². The van der Waals surface area contributed by atoms with Crippen molar-refractivity contribution in [2.75, 3.05) is 0 Å². The van der Waals surface area contributed by atoms with Crippen LogP contribution in [0.2, 0.25) is 0 Å². The maximum atomic E-state index is 11.5. The lowest BCUT2D eigenvalue weighted by molar-refractivity contribution is 0.0923. The Hall–Kier alpha value is -1.83. The minimum absolute atomic E-state index is 0.316. The van der Waals surface area contributed by atoms with Crippen molar-refractivity contribution in [3.8, 4) is 6.07 Å². The van der Waals surface area contributed by atoms with Gasteiger partial charge >= 0.3 is 0 Å². The molecule has 5 heteroatoms. The second-order valence-electron chi connectivity index (χ2n) is 3.57. The topological polar surface area (TPSA) is 70.7 Å². The van der Waals surface area contributed by atoms with E-state index in [-0.39, 0.29) is 5.91 Å². The standard InChI is InChI=1S/C9H12N4O/c1-9(2,6-10)11-8(14)7-4-5-13(3)12-7/h4-5H,1-3H3,(H,11,14). The SMILES string of the molecule is Cn1ccc(C(=O)NC(C)(C)C#N)n1. The zero-order chi connectivity index (χ0) is 10.8. The Labute approximate surface area is 82.3 Å². The average Bonchev–Trinajstić information content (AvgIpc) is 2.51. The van der Waals surface area contributed by atoms with E-state index in [9.17, 15) is 4.79 Å². The lowest BCUT2D eigenvalue weighted by Gasteiger charge is -2.16. The van der Waals surface area contributed by atoms with Gasteiger partial charge < -0.3 is 5.32 Å². The summed E-state index contributed by atoms with van der Waals surface area (Å²) >= 11 is 0. The second kappa shape index (κ2) is 3.50. The summed E-state index contributed by atoms with van der Waals surface area (Å²) < 4.78 is 1.54. The fourth-order valence-electron chi connectivity index (χ4n) is 0.912. The van der Waals surface area contributed by atoms with Crippen LogP contribution < -0.4 is 5.32 Å². The van der Waals surface area contributed by atoms with Crippen molar-refractivity contribution in [3.63, 3.8) is 0 Å². The molecule has 5 nitrogen and oxygen atoms in total. The monoisotopic (exact) mass is 192 g/mol. The van der Waals surface area contributed by atoms with Gasteiger partial charge in [0, 0.05) is 13.2 Å². The van der Waals surface area contributed by atoms with Gasteiger partial charge in [0.05, 0.1) is 6.07 Å². The third-order valence-corrected chi connectivity index (χ3v) is 1.65. The van der Waals surface area contributed by atoms with Crippen LogP contribution in [0.25, 0.3) is 0 Å². The van der Waals surface area contributed by atoms with E-state index in [4.69, 9.17) is 5.26 Å². The number of carbonyl (C=O) groups is 1. The molecule has 1 rings (SSSR count). The Kier molecular flexibility index (Phi) is 2.56. The highest BCUT2D eigenvalue weighted by Crippen LogP contribution is 2.02. The maximum Gasteiger partial charge on any atom is 0.273 e. The summed E-state index contributed by atoms with van der Waals surface area (Å²) in [5.41, 5.74) is -0.551. The summed E-state index contributed by atoms with van der Waals surface area (Å²) in [5.74, 6) is -0.336. The van der Waals surface area contributed by atoms with Gasteiger partial charge in [-0.2, -0.15) is 10.4 Å². The number of hydrogen-bond acceptors (Lipinski definition) is 3. The van der Waals surface area contributed by atoms with Gasteiger partial charge in [-0.05, 0) is 19.9 Å². The highest BCUT2D eigenvalue weighted by molar-refractivity contribution is 5.92. The number of nitrogens with one attached hydrogen (secondary N) is 1. The largest absolute Gasteiger partial charge is 0.333 e. The van der Waals surface area contributed by atoms with Crippen LogP contribution in [0.3, 0.4) is 0 Å². The lowest BCUT2D eigenvalue weighted by Crippen LogP contribution is -2.42. The number of nitriles is 1. The molecule has 0 aliphatic carbocycles. The Balaban J connectivity index is 2.74. The van der Waals surface area contributed by atoms with Crippen LogP contribution in [0, 0.1) is 11.3 Å². The van der Waals surface area contributed by atoms with Gasteiger partial charge in [0.1, 0.15) is 11.2 Å². The molecule has 0 aliphatic heterocycles. The molecule has 1 heterocycles. The quantitative estimate of drug-likeness (QED) is 0.739. The Morgan fingerprint density at radius 2 is 2.36 bits per heavy atom. The first kappa shape index (κ1) is 10.3. The van der Waals surface area contributed by atoms with Crippen LogP contribution in [0.4, 0.5) is 0 Å². The average molecular weight is 192 g/mol. The molecule has 1 N–H and O–H groups in total. The normalized spacial score (nSPS) is 10.7. The molecule has 0 aromatic carbocycles. The van der Waals surface area contributed by atoms with Crippen molar-refractivity contribution in [1.82, 2.24) is 15.1 Å². The van der Waals surface area contributed by atoms with E-state index in [1.165, 1.54) is 4.68 Å². The summed E-state index contributed by atoms with van der Waals surface area (Å²) in [5, 5.41) is 15.2. The van der Waals surface area contributed by atoms with Crippen molar-refractivity contribution in [3.05, 3.63) is 18.0 Å². The third-order valence-electron chi connectivity index (χ3n) is 1.65. The molecule has 0 atom stereocenters. The zero-order valence-corrected chi connectivity index (χ0v) is 8.40. The molecular formula is C9H12N4O. The summed E-state index contributed by atoms with van der Waals surface area (Å²) in [6, 6.07) is 3.58. The van der Waals surface area contributed by atoms with E-state index >= 15 is 0 Å². The van der Waals surface area contributed by atoms with Crippen molar-refractivity contribution in [2.24, 2.45) is 7.05 Å². The third kappa shape index (κ3) is 2.33. The van der Waals surface area contributed by atoms with E-state index in [1.807, 2.05) is 6.07 Å². The summed E-state index contributed by atoms with van der Waals surface area (Å²) in [4.78, 5) is 11.5. The van der Waals surface area contributed by atoms with Crippen LogP contribution >= 0.6 is 0 Å². The lowest BCUT2D eigenvalue weighted by atomic mass is 10.1. The smallest absolute Gasteiger partial charge is 0.273 e. The number of carbonyl (C=O) groups excluding carboxylic acids is 1. The number of aryl methyl sites for hydroxylation is 1. The van der Waals surface area contributed by atoms with E-state index < -0.39 is 5.54 Å². The molecule has 0 unspecified atom stereocenters. The van der Waals surface area contributed by atoms with Gasteiger partial charge in [-0.25, -0.2) is 0 Å². The van der Waals surface area contributed by atoms with E-state index in [2.05, 4.69) is 10.4 Å². The highest BCUT2D eigenvalue weighted by atomic mass is 16.2. The van der Waals surface area contributed by atoms with Crippen LogP contribution in [0.1, 0.15) is 24.3 Å². The van der Waals surface area contributed by atoms with Gasteiger partial charge in [-0.1, -0.05) is 0 Å². The van der Waals surface area contributed by atoms with Crippen LogP contribution in [0.15, 0.2) is 12.3 Å². The molecule has 0 spiro atoms. The highest BCUT2D eigenvalue weighted by Gasteiger charge is 2.21. The van der Waals surface area contributed by atoms with Gasteiger partial charge in [0.2, 0.25) is 0 Å². The predicted octanol–water partition coefficient (Wildman–Crippen LogP) is 0.452. The molecule has 1 amide bonds. The molecule has 14 heavy (non-hydrogen) atoms. The van der Waals surface area contributed by atoms with Crippen molar-refractivity contribution < 1.29 is 4.79 Å². The van der Waals surface area contributed by atoms with Gasteiger partial charge in [0.15, 0.2) is 0 Å². The Morgan fingerprint density at radius 3 is 2.79 bits per heavy atom. The predicted molar refractivity (Wildman–Crippen MR) is 50.4 cm³/mol. The van der Waals surface area contributed by atoms with Crippen molar-refractivity contribution in [2.45, 2.75) is 19.4 Å². The molecule has 0 bridgehead atoms. The van der Waals surface area contributed by atoms with E-state index in [1.54, 1.807) is 33.2 Å². The van der Waals surface area contributed by atoms with Gasteiger partial charge in [-0.15, -0.1) is 0 Å². The first-order chi connectivity index (χ1) is 6.44. The molecule has 1 aromatic rings. The minimum Gasteiger partial charge on any atom is -0.333 e. The fraction of sp³-hybridized carbons (Fsp3) is 0.444. The first-order valence-electron chi connectivity index (χ1n) is 4.18. The Bertz CT molecular complexity index is 386. The number of nitrogens with zero attached hydrogens (tertiary/aromatic N) is 3. The van der Waals surface area contributed by atoms with Crippen LogP contribution in [-0.2, 0) is 7.05 Å².